The molecule has 1 amide bonds. The first kappa shape index (κ1) is 17.0. The Morgan fingerprint density at radius 2 is 2.05 bits per heavy atom. The molecule has 0 aliphatic carbocycles. The van der Waals surface area contributed by atoms with Crippen LogP contribution < -0.4 is 5.73 Å². The first-order valence-corrected chi connectivity index (χ1v) is 7.27. The summed E-state index contributed by atoms with van der Waals surface area (Å²) in [6.07, 6.45) is 3.95. The molecular weight excluding hydrogens is 272 g/mol. The van der Waals surface area contributed by atoms with Gasteiger partial charge in [-0.15, -0.1) is 12.4 Å². The lowest BCUT2D eigenvalue weighted by molar-refractivity contribution is -0.135. The van der Waals surface area contributed by atoms with Crippen molar-refractivity contribution in [2.75, 3.05) is 13.1 Å². The van der Waals surface area contributed by atoms with Crippen molar-refractivity contribution in [3.8, 4) is 0 Å². The van der Waals surface area contributed by atoms with Crippen molar-refractivity contribution in [2.24, 2.45) is 5.73 Å². The lowest BCUT2D eigenvalue weighted by Gasteiger charge is -2.35. The standard InChI is InChI=1S/C16H24N2O.ClH/c1-13(14-7-3-2-4-8-14)11-16(19)18-10-6-5-9-15(18)12-17;/h2-4,7-8,13,15H,5-6,9-12,17H2,1H3;1H. The van der Waals surface area contributed by atoms with Gasteiger partial charge in [-0.3, -0.25) is 4.79 Å². The SMILES string of the molecule is CC(CC(=O)N1CCCCC1CN)c1ccccc1.Cl. The van der Waals surface area contributed by atoms with Crippen LogP contribution in [0.15, 0.2) is 30.3 Å². The maximum absolute atomic E-state index is 12.4. The Labute approximate surface area is 127 Å². The molecule has 1 aromatic carbocycles. The van der Waals surface area contributed by atoms with E-state index in [0.717, 1.165) is 19.4 Å². The van der Waals surface area contributed by atoms with Gasteiger partial charge in [0.2, 0.25) is 5.91 Å². The molecule has 0 saturated carbocycles. The van der Waals surface area contributed by atoms with Crippen LogP contribution in [0.3, 0.4) is 0 Å². The van der Waals surface area contributed by atoms with Gasteiger partial charge in [0.05, 0.1) is 0 Å². The minimum atomic E-state index is 0. The van der Waals surface area contributed by atoms with Gasteiger partial charge in [-0.05, 0) is 30.7 Å². The van der Waals surface area contributed by atoms with Gasteiger partial charge in [0, 0.05) is 25.6 Å². The van der Waals surface area contributed by atoms with Crippen LogP contribution in [0.2, 0.25) is 0 Å². The third-order valence-electron chi connectivity index (χ3n) is 4.07. The van der Waals surface area contributed by atoms with Gasteiger partial charge in [0.1, 0.15) is 0 Å². The van der Waals surface area contributed by atoms with E-state index in [9.17, 15) is 4.79 Å². The van der Waals surface area contributed by atoms with Gasteiger partial charge in [-0.25, -0.2) is 0 Å². The Morgan fingerprint density at radius 1 is 1.35 bits per heavy atom. The van der Waals surface area contributed by atoms with E-state index in [4.69, 9.17) is 5.73 Å². The van der Waals surface area contributed by atoms with Crippen molar-refractivity contribution >= 4 is 18.3 Å². The van der Waals surface area contributed by atoms with E-state index in [1.165, 1.54) is 12.0 Å². The second-order valence-electron chi connectivity index (χ2n) is 5.49. The normalized spacial score (nSPS) is 20.1. The van der Waals surface area contributed by atoms with Crippen LogP contribution in [-0.2, 0) is 4.79 Å². The van der Waals surface area contributed by atoms with E-state index in [1.807, 2.05) is 23.1 Å². The van der Waals surface area contributed by atoms with Gasteiger partial charge in [-0.2, -0.15) is 0 Å². The van der Waals surface area contributed by atoms with Crippen LogP contribution in [0, 0.1) is 0 Å². The fraction of sp³-hybridized carbons (Fsp3) is 0.562. The molecule has 1 aliphatic rings. The summed E-state index contributed by atoms with van der Waals surface area (Å²) in [6, 6.07) is 10.5. The van der Waals surface area contributed by atoms with Crippen molar-refractivity contribution in [1.82, 2.24) is 4.90 Å². The van der Waals surface area contributed by atoms with E-state index in [2.05, 4.69) is 19.1 Å². The molecule has 20 heavy (non-hydrogen) atoms. The molecule has 1 heterocycles. The molecule has 3 nitrogen and oxygen atoms in total. The maximum Gasteiger partial charge on any atom is 0.223 e. The van der Waals surface area contributed by atoms with Crippen LogP contribution in [-0.4, -0.2) is 29.9 Å². The number of benzene rings is 1. The highest BCUT2D eigenvalue weighted by Gasteiger charge is 2.26. The van der Waals surface area contributed by atoms with Crippen molar-refractivity contribution in [2.45, 2.75) is 44.6 Å². The molecule has 1 saturated heterocycles. The third kappa shape index (κ3) is 4.22. The molecule has 2 atom stereocenters. The minimum Gasteiger partial charge on any atom is -0.338 e. The molecular formula is C16H25ClN2O. The van der Waals surface area contributed by atoms with Crippen molar-refractivity contribution in [3.05, 3.63) is 35.9 Å². The van der Waals surface area contributed by atoms with E-state index in [1.54, 1.807) is 0 Å². The smallest absolute Gasteiger partial charge is 0.223 e. The van der Waals surface area contributed by atoms with Gasteiger partial charge < -0.3 is 10.6 Å². The van der Waals surface area contributed by atoms with Crippen LogP contribution in [0.5, 0.6) is 0 Å². The van der Waals surface area contributed by atoms with E-state index < -0.39 is 0 Å². The Hall–Kier alpha value is -1.06. The fourth-order valence-electron chi connectivity index (χ4n) is 2.85. The summed E-state index contributed by atoms with van der Waals surface area (Å²) in [6.45, 7) is 3.59. The van der Waals surface area contributed by atoms with Gasteiger partial charge in [0.25, 0.3) is 0 Å². The summed E-state index contributed by atoms with van der Waals surface area (Å²) in [5.41, 5.74) is 7.01. The second kappa shape index (κ2) is 8.28. The molecule has 1 aromatic rings. The number of hydrogen-bond donors (Lipinski definition) is 1. The zero-order chi connectivity index (χ0) is 13.7. The highest BCUT2D eigenvalue weighted by Crippen LogP contribution is 2.23. The molecule has 2 rings (SSSR count). The number of carbonyl (C=O) groups excluding carboxylic acids is 1. The monoisotopic (exact) mass is 296 g/mol. The zero-order valence-electron chi connectivity index (χ0n) is 12.1. The van der Waals surface area contributed by atoms with Crippen LogP contribution >= 0.6 is 12.4 Å². The van der Waals surface area contributed by atoms with Crippen molar-refractivity contribution < 1.29 is 4.79 Å². The van der Waals surface area contributed by atoms with E-state index in [-0.39, 0.29) is 30.3 Å². The number of nitrogens with zero attached hydrogens (tertiary/aromatic N) is 1. The molecule has 0 radical (unpaired) electrons. The quantitative estimate of drug-likeness (QED) is 0.928. The summed E-state index contributed by atoms with van der Waals surface area (Å²) in [4.78, 5) is 14.4. The molecule has 1 aliphatic heterocycles. The number of halogens is 1. The summed E-state index contributed by atoms with van der Waals surface area (Å²) < 4.78 is 0. The van der Waals surface area contributed by atoms with Gasteiger partial charge in [-0.1, -0.05) is 37.3 Å². The Morgan fingerprint density at radius 3 is 2.70 bits per heavy atom. The summed E-state index contributed by atoms with van der Waals surface area (Å²) in [5.74, 6) is 0.528. The van der Waals surface area contributed by atoms with E-state index in [0.29, 0.717) is 13.0 Å². The lowest BCUT2D eigenvalue weighted by atomic mass is 9.95. The number of likely N-dealkylation sites (tertiary alicyclic amines) is 1. The molecule has 2 unspecified atom stereocenters. The highest BCUT2D eigenvalue weighted by molar-refractivity contribution is 5.85. The summed E-state index contributed by atoms with van der Waals surface area (Å²) in [5, 5.41) is 0. The maximum atomic E-state index is 12.4. The topological polar surface area (TPSA) is 46.3 Å². The predicted octanol–water partition coefficient (Wildman–Crippen LogP) is 2.94. The third-order valence-corrected chi connectivity index (χ3v) is 4.07. The van der Waals surface area contributed by atoms with Gasteiger partial charge >= 0.3 is 0 Å². The highest BCUT2D eigenvalue weighted by atomic mass is 35.5. The Balaban J connectivity index is 0.00000200. The number of piperidine rings is 1. The van der Waals surface area contributed by atoms with Crippen LogP contribution in [0.1, 0.15) is 44.1 Å². The van der Waals surface area contributed by atoms with Gasteiger partial charge in [0.15, 0.2) is 0 Å². The molecule has 1 fully saturated rings. The molecule has 112 valence electrons. The second-order valence-corrected chi connectivity index (χ2v) is 5.49. The summed E-state index contributed by atoms with van der Waals surface area (Å²) >= 11 is 0. The Bertz CT molecular complexity index is 410. The largest absolute Gasteiger partial charge is 0.338 e. The molecule has 0 aromatic heterocycles. The zero-order valence-corrected chi connectivity index (χ0v) is 12.9. The molecule has 4 heteroatoms. The number of rotatable bonds is 4. The fourth-order valence-corrected chi connectivity index (χ4v) is 2.85. The minimum absolute atomic E-state index is 0. The first-order valence-electron chi connectivity index (χ1n) is 7.27. The molecule has 0 bridgehead atoms. The number of hydrogen-bond acceptors (Lipinski definition) is 2. The molecule has 2 N–H and O–H groups in total. The predicted molar refractivity (Wildman–Crippen MR) is 85.1 cm³/mol. The van der Waals surface area contributed by atoms with Crippen molar-refractivity contribution in [1.29, 1.82) is 0 Å². The van der Waals surface area contributed by atoms with Crippen LogP contribution in [0.25, 0.3) is 0 Å². The first-order chi connectivity index (χ1) is 9.22. The van der Waals surface area contributed by atoms with E-state index >= 15 is 0 Å². The van der Waals surface area contributed by atoms with Crippen LogP contribution in [0.4, 0.5) is 0 Å². The number of carbonyl (C=O) groups is 1. The average molecular weight is 297 g/mol. The Kier molecular flexibility index (Phi) is 7.03. The van der Waals surface area contributed by atoms with Crippen molar-refractivity contribution in [3.63, 3.8) is 0 Å². The summed E-state index contributed by atoms with van der Waals surface area (Å²) in [7, 11) is 0. The lowest BCUT2D eigenvalue weighted by Crippen LogP contribution is -2.47. The molecule has 0 spiro atoms. The number of amides is 1. The number of nitrogens with two attached hydrogens (primary N) is 1. The average Bonchev–Trinajstić information content (AvgIpc) is 2.48.